The largest absolute Gasteiger partial charge is 0.495 e. The zero-order valence-electron chi connectivity index (χ0n) is 15.9. The molecule has 1 saturated heterocycles. The molecule has 0 radical (unpaired) electrons. The second kappa shape index (κ2) is 8.68. The molecule has 7 heteroatoms. The Morgan fingerprint density at radius 1 is 1.31 bits per heavy atom. The first-order chi connectivity index (χ1) is 12.2. The second-order valence-corrected chi connectivity index (χ2v) is 8.71. The molecule has 0 aromatic heterocycles. The smallest absolute Gasteiger partial charge is 0.246 e. The maximum absolute atomic E-state index is 12.5. The first-order valence-corrected chi connectivity index (χ1v) is 10.4. The van der Waals surface area contributed by atoms with Crippen molar-refractivity contribution in [3.05, 3.63) is 29.8 Å². The third kappa shape index (κ3) is 5.32. The lowest BCUT2D eigenvalue weighted by Gasteiger charge is -2.29. The Morgan fingerprint density at radius 2 is 1.96 bits per heavy atom. The van der Waals surface area contributed by atoms with E-state index in [1.807, 2.05) is 4.90 Å². The molecule has 0 atom stereocenters. The van der Waals surface area contributed by atoms with E-state index in [9.17, 15) is 13.2 Å². The summed E-state index contributed by atoms with van der Waals surface area (Å²) in [6.45, 7) is 7.25. The van der Waals surface area contributed by atoms with E-state index < -0.39 is 10.0 Å². The fourth-order valence-electron chi connectivity index (χ4n) is 2.88. The molecule has 0 bridgehead atoms. The van der Waals surface area contributed by atoms with E-state index in [0.717, 1.165) is 25.9 Å². The Kier molecular flexibility index (Phi) is 6.83. The summed E-state index contributed by atoms with van der Waals surface area (Å²) in [5, 5.41) is 0. The molecule has 2 rings (SSSR count). The van der Waals surface area contributed by atoms with Crippen molar-refractivity contribution in [2.75, 3.05) is 20.2 Å². The zero-order chi connectivity index (χ0) is 19.3. The van der Waals surface area contributed by atoms with E-state index in [4.69, 9.17) is 4.74 Å². The predicted octanol–water partition coefficient (Wildman–Crippen LogP) is 2.65. The highest BCUT2D eigenvalue weighted by Gasteiger charge is 2.21. The maximum Gasteiger partial charge on any atom is 0.246 e. The minimum Gasteiger partial charge on any atom is -0.495 e. The number of hydrogen-bond donors (Lipinski definition) is 1. The monoisotopic (exact) mass is 380 g/mol. The number of sulfonamides is 1. The van der Waals surface area contributed by atoms with Gasteiger partial charge in [0.05, 0.1) is 7.11 Å². The summed E-state index contributed by atoms with van der Waals surface area (Å²) in [7, 11) is -2.26. The van der Waals surface area contributed by atoms with Crippen LogP contribution in [0.1, 0.15) is 39.2 Å². The van der Waals surface area contributed by atoms with Crippen molar-refractivity contribution in [2.24, 2.45) is 5.92 Å². The molecule has 1 aliphatic heterocycles. The number of methoxy groups -OCH3 is 1. The van der Waals surface area contributed by atoms with Crippen LogP contribution < -0.4 is 9.46 Å². The summed E-state index contributed by atoms with van der Waals surface area (Å²) < 4.78 is 32.7. The fourth-order valence-corrected chi connectivity index (χ4v) is 4.34. The van der Waals surface area contributed by atoms with Gasteiger partial charge in [0, 0.05) is 25.2 Å². The quantitative estimate of drug-likeness (QED) is 0.770. The number of hydrogen-bond acceptors (Lipinski definition) is 4. The summed E-state index contributed by atoms with van der Waals surface area (Å²) in [4.78, 5) is 14.2. The van der Waals surface area contributed by atoms with Gasteiger partial charge >= 0.3 is 0 Å². The number of carbonyl (C=O) groups excluding carboxylic acids is 1. The first kappa shape index (κ1) is 20.5. The number of likely N-dealkylation sites (tertiary alicyclic amines) is 1. The van der Waals surface area contributed by atoms with Crippen molar-refractivity contribution in [2.45, 2.75) is 44.6 Å². The number of nitrogens with zero attached hydrogens (tertiary/aromatic N) is 1. The third-order valence-electron chi connectivity index (χ3n) is 4.38. The molecule has 1 aromatic carbocycles. The predicted molar refractivity (Wildman–Crippen MR) is 102 cm³/mol. The summed E-state index contributed by atoms with van der Waals surface area (Å²) in [5.74, 6) is 0.884. The summed E-state index contributed by atoms with van der Waals surface area (Å²) in [6, 6.07) is 4.62. The highest BCUT2D eigenvalue weighted by atomic mass is 32.2. The standard InChI is InChI=1S/C19H28N2O4S/c1-14(2)20-26(23,24)18-13-16(5-7-17(18)25-4)6-8-19(22)21-11-9-15(3)10-12-21/h5-8,13-15,20H,9-12H2,1-4H3. The summed E-state index contributed by atoms with van der Waals surface area (Å²) in [6.07, 6.45) is 5.19. The molecule has 0 saturated carbocycles. The molecular weight excluding hydrogens is 352 g/mol. The normalized spacial score (nSPS) is 16.4. The van der Waals surface area contributed by atoms with Crippen LogP contribution in [0.5, 0.6) is 5.75 Å². The van der Waals surface area contributed by atoms with Crippen molar-refractivity contribution in [1.82, 2.24) is 9.62 Å². The molecule has 0 aliphatic carbocycles. The fraction of sp³-hybridized carbons (Fsp3) is 0.526. The third-order valence-corrected chi connectivity index (χ3v) is 6.06. The first-order valence-electron chi connectivity index (χ1n) is 8.90. The van der Waals surface area contributed by atoms with Crippen molar-refractivity contribution in [3.8, 4) is 5.75 Å². The van der Waals surface area contributed by atoms with Gasteiger partial charge < -0.3 is 9.64 Å². The van der Waals surface area contributed by atoms with E-state index in [-0.39, 0.29) is 22.6 Å². The number of nitrogens with one attached hydrogen (secondary N) is 1. The topological polar surface area (TPSA) is 75.7 Å². The minimum absolute atomic E-state index is 0.0440. The Labute approximate surface area is 156 Å². The van der Waals surface area contributed by atoms with Gasteiger partial charge in [-0.05, 0) is 56.4 Å². The van der Waals surface area contributed by atoms with Gasteiger partial charge in [0.1, 0.15) is 10.6 Å². The Balaban J connectivity index is 2.20. The van der Waals surface area contributed by atoms with Gasteiger partial charge in [0.25, 0.3) is 0 Å². The van der Waals surface area contributed by atoms with Gasteiger partial charge in [-0.25, -0.2) is 13.1 Å². The van der Waals surface area contributed by atoms with E-state index in [0.29, 0.717) is 11.5 Å². The SMILES string of the molecule is COc1ccc(C=CC(=O)N2CCC(C)CC2)cc1S(=O)(=O)NC(C)C. The van der Waals surface area contributed by atoms with Crippen LogP contribution >= 0.6 is 0 Å². The number of benzene rings is 1. The molecular formula is C19H28N2O4S. The lowest BCUT2D eigenvalue weighted by atomic mass is 9.99. The van der Waals surface area contributed by atoms with E-state index in [1.54, 1.807) is 32.1 Å². The highest BCUT2D eigenvalue weighted by molar-refractivity contribution is 7.89. The van der Waals surface area contributed by atoms with Crippen LogP contribution in [0.4, 0.5) is 0 Å². The Hall–Kier alpha value is -1.86. The van der Waals surface area contributed by atoms with E-state index >= 15 is 0 Å². The van der Waals surface area contributed by atoms with Gasteiger partial charge in [0.15, 0.2) is 0 Å². The van der Waals surface area contributed by atoms with Gasteiger partial charge in [-0.1, -0.05) is 13.0 Å². The molecule has 0 spiro atoms. The van der Waals surface area contributed by atoms with Crippen molar-refractivity contribution in [3.63, 3.8) is 0 Å². The minimum atomic E-state index is -3.69. The van der Waals surface area contributed by atoms with E-state index in [2.05, 4.69) is 11.6 Å². The molecule has 1 aliphatic rings. The van der Waals surface area contributed by atoms with Gasteiger partial charge in [-0.3, -0.25) is 4.79 Å². The van der Waals surface area contributed by atoms with Crippen LogP contribution in [0.3, 0.4) is 0 Å². The molecule has 1 amide bonds. The van der Waals surface area contributed by atoms with Gasteiger partial charge in [0.2, 0.25) is 15.9 Å². The average Bonchev–Trinajstić information content (AvgIpc) is 2.59. The van der Waals surface area contributed by atoms with Crippen molar-refractivity contribution < 1.29 is 17.9 Å². The number of rotatable bonds is 6. The van der Waals surface area contributed by atoms with Crippen LogP contribution in [-0.2, 0) is 14.8 Å². The molecule has 26 heavy (non-hydrogen) atoms. The average molecular weight is 381 g/mol. The molecule has 1 heterocycles. The van der Waals surface area contributed by atoms with Crippen LogP contribution in [0.25, 0.3) is 6.08 Å². The van der Waals surface area contributed by atoms with Crippen LogP contribution in [0, 0.1) is 5.92 Å². The molecule has 0 unspecified atom stereocenters. The highest BCUT2D eigenvalue weighted by Crippen LogP contribution is 2.26. The number of ether oxygens (including phenoxy) is 1. The molecule has 1 aromatic rings. The molecule has 6 nitrogen and oxygen atoms in total. The van der Waals surface area contributed by atoms with Crippen LogP contribution in [0.15, 0.2) is 29.2 Å². The molecule has 144 valence electrons. The number of piperidine rings is 1. The van der Waals surface area contributed by atoms with Crippen LogP contribution in [0.2, 0.25) is 0 Å². The van der Waals surface area contributed by atoms with E-state index in [1.165, 1.54) is 19.3 Å². The number of amides is 1. The van der Waals surface area contributed by atoms with Crippen molar-refractivity contribution >= 4 is 22.0 Å². The molecule has 1 fully saturated rings. The Morgan fingerprint density at radius 3 is 2.54 bits per heavy atom. The second-order valence-electron chi connectivity index (χ2n) is 7.03. The zero-order valence-corrected chi connectivity index (χ0v) is 16.7. The van der Waals surface area contributed by atoms with Gasteiger partial charge in [-0.15, -0.1) is 0 Å². The lowest BCUT2D eigenvalue weighted by Crippen LogP contribution is -2.36. The summed E-state index contributed by atoms with van der Waals surface area (Å²) in [5.41, 5.74) is 0.633. The summed E-state index contributed by atoms with van der Waals surface area (Å²) >= 11 is 0. The Bertz CT molecular complexity index is 764. The maximum atomic E-state index is 12.5. The molecule has 1 N–H and O–H groups in total. The number of carbonyl (C=O) groups is 1. The van der Waals surface area contributed by atoms with Gasteiger partial charge in [-0.2, -0.15) is 0 Å². The lowest BCUT2D eigenvalue weighted by molar-refractivity contribution is -0.127. The van der Waals surface area contributed by atoms with Crippen LogP contribution in [-0.4, -0.2) is 45.5 Å². The van der Waals surface area contributed by atoms with Crippen molar-refractivity contribution in [1.29, 1.82) is 0 Å².